The Labute approximate surface area is 71.4 Å². The van der Waals surface area contributed by atoms with Crippen molar-refractivity contribution in [3.05, 3.63) is 0 Å². The number of rotatable bonds is 6. The normalized spacial score (nSPS) is 15.6. The van der Waals surface area contributed by atoms with Crippen molar-refractivity contribution in [2.75, 3.05) is 13.2 Å². The van der Waals surface area contributed by atoms with Gasteiger partial charge < -0.3 is 21.7 Å². The van der Waals surface area contributed by atoms with Crippen molar-refractivity contribution in [1.82, 2.24) is 0 Å². The molecule has 0 fully saturated rings. The second-order valence-electron chi connectivity index (χ2n) is 2.87. The molecule has 0 amide bonds. The molecule has 0 rings (SSSR count). The molecule has 5 nitrogen and oxygen atoms in total. The second kappa shape index (κ2) is 5.08. The Balaban J connectivity index is 3.88. The van der Waals surface area contributed by atoms with Gasteiger partial charge in [0.05, 0.1) is 6.61 Å². The number of aliphatic hydroxyl groups excluding tert-OH is 1. The number of unbranched alkanes of at least 4 members (excludes halogenated alkanes) is 1. The van der Waals surface area contributed by atoms with Crippen molar-refractivity contribution in [1.29, 1.82) is 0 Å². The zero-order valence-electron chi connectivity index (χ0n) is 6.99. The number of nitrogens with two attached hydrogens (primary N) is 2. The van der Waals surface area contributed by atoms with Crippen LogP contribution in [0.4, 0.5) is 0 Å². The Morgan fingerprint density at radius 1 is 1.42 bits per heavy atom. The van der Waals surface area contributed by atoms with E-state index in [-0.39, 0.29) is 6.42 Å². The minimum absolute atomic E-state index is 0.260. The fourth-order valence-electron chi connectivity index (χ4n) is 0.838. The minimum atomic E-state index is -1.49. The van der Waals surface area contributed by atoms with E-state index in [1.807, 2.05) is 0 Å². The molecule has 12 heavy (non-hydrogen) atoms. The summed E-state index contributed by atoms with van der Waals surface area (Å²) in [6, 6.07) is 0. The number of aliphatic carboxylic acids is 1. The quantitative estimate of drug-likeness (QED) is 0.384. The van der Waals surface area contributed by atoms with E-state index in [1.54, 1.807) is 0 Å². The van der Waals surface area contributed by atoms with Crippen molar-refractivity contribution < 1.29 is 15.0 Å². The molecular formula is C7H16N2O3. The summed E-state index contributed by atoms with van der Waals surface area (Å²) in [6.45, 7) is -0.0198. The lowest BCUT2D eigenvalue weighted by atomic mass is 9.95. The van der Waals surface area contributed by atoms with E-state index < -0.39 is 18.1 Å². The van der Waals surface area contributed by atoms with Gasteiger partial charge in [-0.15, -0.1) is 0 Å². The molecule has 0 aliphatic rings. The Hall–Kier alpha value is -0.650. The molecule has 0 aromatic rings. The number of carboxylic acid groups (broad SMARTS) is 1. The average molecular weight is 176 g/mol. The van der Waals surface area contributed by atoms with E-state index in [1.165, 1.54) is 0 Å². The van der Waals surface area contributed by atoms with Gasteiger partial charge in [-0.2, -0.15) is 0 Å². The Morgan fingerprint density at radius 3 is 2.33 bits per heavy atom. The molecular weight excluding hydrogens is 160 g/mol. The van der Waals surface area contributed by atoms with E-state index in [0.717, 1.165) is 6.42 Å². The highest BCUT2D eigenvalue weighted by atomic mass is 16.4. The number of carboxylic acids is 1. The lowest BCUT2D eigenvalue weighted by Crippen LogP contribution is -2.51. The summed E-state index contributed by atoms with van der Waals surface area (Å²) in [5.41, 5.74) is 9.12. The van der Waals surface area contributed by atoms with Crippen LogP contribution in [0.2, 0.25) is 0 Å². The van der Waals surface area contributed by atoms with Crippen LogP contribution in [0.15, 0.2) is 0 Å². The Kier molecular flexibility index (Phi) is 4.80. The zero-order valence-corrected chi connectivity index (χ0v) is 6.99. The summed E-state index contributed by atoms with van der Waals surface area (Å²) < 4.78 is 0. The largest absolute Gasteiger partial charge is 0.480 e. The van der Waals surface area contributed by atoms with Gasteiger partial charge in [0.2, 0.25) is 0 Å². The minimum Gasteiger partial charge on any atom is -0.480 e. The van der Waals surface area contributed by atoms with Crippen molar-refractivity contribution in [3.63, 3.8) is 0 Å². The summed E-state index contributed by atoms with van der Waals surface area (Å²) in [6.07, 6.45) is 1.61. The van der Waals surface area contributed by atoms with Crippen LogP contribution >= 0.6 is 0 Å². The maximum absolute atomic E-state index is 10.5. The average Bonchev–Trinajstić information content (AvgIpc) is 2.04. The lowest BCUT2D eigenvalue weighted by molar-refractivity contribution is -0.145. The van der Waals surface area contributed by atoms with Gasteiger partial charge in [0.25, 0.3) is 0 Å². The molecule has 0 heterocycles. The van der Waals surface area contributed by atoms with E-state index in [2.05, 4.69) is 0 Å². The first-order valence-corrected chi connectivity index (χ1v) is 3.90. The highest BCUT2D eigenvalue weighted by molar-refractivity contribution is 5.78. The maximum atomic E-state index is 10.5. The van der Waals surface area contributed by atoms with Crippen LogP contribution in [0.1, 0.15) is 19.3 Å². The predicted octanol–water partition coefficient (Wildman–Crippen LogP) is -1.11. The van der Waals surface area contributed by atoms with E-state index in [0.29, 0.717) is 13.0 Å². The molecule has 0 aliphatic heterocycles. The summed E-state index contributed by atoms with van der Waals surface area (Å²) in [4.78, 5) is 10.5. The van der Waals surface area contributed by atoms with E-state index in [9.17, 15) is 4.79 Å². The number of carbonyl (C=O) groups is 1. The molecule has 0 aliphatic carbocycles. The smallest absolute Gasteiger partial charge is 0.326 e. The third-order valence-corrected chi connectivity index (χ3v) is 1.79. The molecule has 0 bridgehead atoms. The summed E-state index contributed by atoms with van der Waals surface area (Å²) >= 11 is 0. The van der Waals surface area contributed by atoms with Gasteiger partial charge >= 0.3 is 5.97 Å². The van der Waals surface area contributed by atoms with Crippen LogP contribution < -0.4 is 11.5 Å². The van der Waals surface area contributed by atoms with Gasteiger partial charge in [0.15, 0.2) is 0 Å². The van der Waals surface area contributed by atoms with E-state index >= 15 is 0 Å². The number of hydrogen-bond acceptors (Lipinski definition) is 4. The van der Waals surface area contributed by atoms with Crippen LogP contribution in [-0.4, -0.2) is 34.9 Å². The van der Waals surface area contributed by atoms with Gasteiger partial charge in [-0.25, -0.2) is 0 Å². The molecule has 0 saturated heterocycles. The van der Waals surface area contributed by atoms with Gasteiger partial charge in [-0.1, -0.05) is 0 Å². The fourth-order valence-corrected chi connectivity index (χ4v) is 0.838. The lowest BCUT2D eigenvalue weighted by Gasteiger charge is -2.21. The third-order valence-electron chi connectivity index (χ3n) is 1.79. The topological polar surface area (TPSA) is 110 Å². The first kappa shape index (κ1) is 11.4. The van der Waals surface area contributed by atoms with Gasteiger partial charge in [0, 0.05) is 0 Å². The van der Waals surface area contributed by atoms with E-state index in [4.69, 9.17) is 21.7 Å². The molecule has 72 valence electrons. The Morgan fingerprint density at radius 2 is 2.00 bits per heavy atom. The SMILES string of the molecule is NCCCC[C@](N)(CO)C(=O)O. The monoisotopic (exact) mass is 176 g/mol. The van der Waals surface area contributed by atoms with Crippen molar-refractivity contribution in [3.8, 4) is 0 Å². The molecule has 0 radical (unpaired) electrons. The third kappa shape index (κ3) is 3.17. The summed E-state index contributed by atoms with van der Waals surface area (Å²) in [7, 11) is 0. The molecule has 5 heteroatoms. The molecule has 0 unspecified atom stereocenters. The maximum Gasteiger partial charge on any atom is 0.326 e. The van der Waals surface area contributed by atoms with Gasteiger partial charge in [-0.3, -0.25) is 4.79 Å². The first-order valence-electron chi connectivity index (χ1n) is 3.90. The van der Waals surface area contributed by atoms with Gasteiger partial charge in [0.1, 0.15) is 5.54 Å². The first-order chi connectivity index (χ1) is 5.56. The molecule has 6 N–H and O–H groups in total. The van der Waals surface area contributed by atoms with Crippen LogP contribution in [0, 0.1) is 0 Å². The van der Waals surface area contributed by atoms with Crippen molar-refractivity contribution >= 4 is 5.97 Å². The standard InChI is InChI=1S/C7H16N2O3/c8-4-2-1-3-7(9,5-10)6(11)12/h10H,1-5,8-9H2,(H,11,12)/t7-/m0/s1. The molecule has 0 saturated carbocycles. The molecule has 0 aromatic heterocycles. The predicted molar refractivity (Wildman–Crippen MR) is 44.5 cm³/mol. The number of aliphatic hydroxyl groups is 1. The molecule has 0 spiro atoms. The van der Waals surface area contributed by atoms with Gasteiger partial charge in [-0.05, 0) is 25.8 Å². The fraction of sp³-hybridized carbons (Fsp3) is 0.857. The Bertz CT molecular complexity index is 152. The van der Waals surface area contributed by atoms with Crippen LogP contribution in [-0.2, 0) is 4.79 Å². The highest BCUT2D eigenvalue weighted by Gasteiger charge is 2.32. The highest BCUT2D eigenvalue weighted by Crippen LogP contribution is 2.10. The molecule has 0 aromatic carbocycles. The zero-order chi connectivity index (χ0) is 9.61. The second-order valence-corrected chi connectivity index (χ2v) is 2.87. The van der Waals surface area contributed by atoms with Crippen LogP contribution in [0.25, 0.3) is 0 Å². The summed E-state index contributed by atoms with van der Waals surface area (Å²) in [5.74, 6) is -1.16. The van der Waals surface area contributed by atoms with Crippen molar-refractivity contribution in [2.45, 2.75) is 24.8 Å². The van der Waals surface area contributed by atoms with Crippen LogP contribution in [0.3, 0.4) is 0 Å². The van der Waals surface area contributed by atoms with Crippen LogP contribution in [0.5, 0.6) is 0 Å². The molecule has 1 atom stereocenters. The number of hydrogen-bond donors (Lipinski definition) is 4. The van der Waals surface area contributed by atoms with Crippen molar-refractivity contribution in [2.24, 2.45) is 11.5 Å². The summed E-state index contributed by atoms with van der Waals surface area (Å²) in [5, 5.41) is 17.3.